The summed E-state index contributed by atoms with van der Waals surface area (Å²) < 4.78 is 0. The number of amides is 2. The molecule has 0 bridgehead atoms. The van der Waals surface area contributed by atoms with E-state index in [0.29, 0.717) is 10.7 Å². The highest BCUT2D eigenvalue weighted by atomic mass is 35.5. The molecule has 2 aromatic rings. The quantitative estimate of drug-likeness (QED) is 0.899. The van der Waals surface area contributed by atoms with E-state index in [2.05, 4.69) is 15.6 Å². The molecule has 0 atom stereocenters. The third-order valence-electron chi connectivity index (χ3n) is 2.26. The van der Waals surface area contributed by atoms with Crippen molar-refractivity contribution in [3.8, 4) is 0 Å². The average molecular weight is 274 g/mol. The second kappa shape index (κ2) is 6.56. The maximum Gasteiger partial charge on any atom is 0.323 e. The van der Waals surface area contributed by atoms with Crippen LogP contribution in [-0.4, -0.2) is 11.0 Å². The Morgan fingerprint density at radius 2 is 2.16 bits per heavy atom. The molecule has 96 valence electrons. The van der Waals surface area contributed by atoms with Gasteiger partial charge >= 0.3 is 6.03 Å². The van der Waals surface area contributed by atoms with Crippen LogP contribution in [0.4, 0.5) is 10.5 Å². The van der Waals surface area contributed by atoms with E-state index in [1.54, 1.807) is 48.9 Å². The molecule has 0 aliphatic rings. The topological polar surface area (TPSA) is 54.0 Å². The van der Waals surface area contributed by atoms with E-state index in [-0.39, 0.29) is 6.03 Å². The molecule has 0 aliphatic heterocycles. The summed E-state index contributed by atoms with van der Waals surface area (Å²) in [5, 5.41) is 5.90. The fourth-order valence-corrected chi connectivity index (χ4v) is 1.63. The molecule has 0 radical (unpaired) electrons. The van der Waals surface area contributed by atoms with E-state index in [9.17, 15) is 4.79 Å². The fourth-order valence-electron chi connectivity index (χ4n) is 1.43. The lowest BCUT2D eigenvalue weighted by Gasteiger charge is -2.03. The Bertz CT molecular complexity index is 584. The molecular weight excluding hydrogens is 262 g/mol. The molecule has 2 amide bonds. The summed E-state index contributed by atoms with van der Waals surface area (Å²) in [6, 6.07) is 10.5. The minimum atomic E-state index is -0.328. The number of benzene rings is 1. The Kier molecular flexibility index (Phi) is 4.53. The lowest BCUT2D eigenvalue weighted by molar-refractivity contribution is 0.255. The van der Waals surface area contributed by atoms with Gasteiger partial charge in [0.2, 0.25) is 0 Å². The molecule has 0 fully saturated rings. The number of nitrogens with one attached hydrogen (secondary N) is 2. The number of hydrogen-bond acceptors (Lipinski definition) is 2. The molecule has 0 saturated heterocycles. The van der Waals surface area contributed by atoms with Gasteiger partial charge < -0.3 is 10.6 Å². The third kappa shape index (κ3) is 4.44. The molecule has 0 saturated carbocycles. The van der Waals surface area contributed by atoms with Gasteiger partial charge in [-0.05, 0) is 35.9 Å². The maximum absolute atomic E-state index is 11.5. The van der Waals surface area contributed by atoms with E-state index in [1.165, 1.54) is 0 Å². The minimum Gasteiger partial charge on any atom is -0.314 e. The first-order valence-electron chi connectivity index (χ1n) is 5.64. The predicted octanol–water partition coefficient (Wildman–Crippen LogP) is 3.53. The summed E-state index contributed by atoms with van der Waals surface area (Å²) in [4.78, 5) is 15.4. The maximum atomic E-state index is 11.5. The summed E-state index contributed by atoms with van der Waals surface area (Å²) >= 11 is 5.85. The van der Waals surface area contributed by atoms with Crippen molar-refractivity contribution in [3.05, 3.63) is 65.6 Å². The summed E-state index contributed by atoms with van der Waals surface area (Å²) in [5.41, 5.74) is 1.55. The van der Waals surface area contributed by atoms with E-state index in [0.717, 1.165) is 5.56 Å². The van der Waals surface area contributed by atoms with Crippen molar-refractivity contribution in [2.75, 3.05) is 5.32 Å². The van der Waals surface area contributed by atoms with Crippen LogP contribution in [0.1, 0.15) is 5.56 Å². The molecule has 2 rings (SSSR count). The molecule has 1 aromatic heterocycles. The number of nitrogens with zero attached hydrogens (tertiary/aromatic N) is 1. The molecule has 19 heavy (non-hydrogen) atoms. The number of hydrogen-bond donors (Lipinski definition) is 2. The average Bonchev–Trinajstić information content (AvgIpc) is 2.40. The van der Waals surface area contributed by atoms with Crippen molar-refractivity contribution in [3.63, 3.8) is 0 Å². The van der Waals surface area contributed by atoms with Crippen molar-refractivity contribution in [2.24, 2.45) is 0 Å². The summed E-state index contributed by atoms with van der Waals surface area (Å²) in [6.45, 7) is 0. The number of halogens is 1. The number of urea groups is 1. The van der Waals surface area contributed by atoms with Crippen LogP contribution >= 0.6 is 11.6 Å². The number of carbonyl (C=O) groups excluding carboxylic acids is 1. The Balaban J connectivity index is 1.87. The van der Waals surface area contributed by atoms with Crippen molar-refractivity contribution in [1.29, 1.82) is 0 Å². The van der Waals surface area contributed by atoms with E-state index in [4.69, 9.17) is 11.6 Å². The summed E-state index contributed by atoms with van der Waals surface area (Å²) in [5.74, 6) is 0. The third-order valence-corrected chi connectivity index (χ3v) is 2.49. The Morgan fingerprint density at radius 3 is 2.89 bits per heavy atom. The van der Waals surface area contributed by atoms with Crippen LogP contribution in [0.3, 0.4) is 0 Å². The van der Waals surface area contributed by atoms with Crippen LogP contribution in [0.25, 0.3) is 6.08 Å². The zero-order valence-electron chi connectivity index (χ0n) is 10.0. The first-order chi connectivity index (χ1) is 9.24. The summed E-state index contributed by atoms with van der Waals surface area (Å²) in [6.07, 6.45) is 6.52. The Morgan fingerprint density at radius 1 is 1.26 bits per heavy atom. The van der Waals surface area contributed by atoms with Crippen molar-refractivity contribution in [2.45, 2.75) is 0 Å². The highest BCUT2D eigenvalue weighted by molar-refractivity contribution is 6.30. The largest absolute Gasteiger partial charge is 0.323 e. The predicted molar refractivity (Wildman–Crippen MR) is 76.9 cm³/mol. The molecule has 0 unspecified atom stereocenters. The lowest BCUT2D eigenvalue weighted by Crippen LogP contribution is -2.23. The number of anilines is 1. The molecule has 0 aliphatic carbocycles. The van der Waals surface area contributed by atoms with Gasteiger partial charge in [-0.2, -0.15) is 0 Å². The van der Waals surface area contributed by atoms with E-state index in [1.807, 2.05) is 12.1 Å². The number of aromatic nitrogens is 1. The fraction of sp³-hybridized carbons (Fsp3) is 0. The molecule has 0 spiro atoms. The SMILES string of the molecule is O=C(N/C=C/c1cccc(Cl)c1)Nc1cccnc1. The Labute approximate surface area is 116 Å². The number of rotatable bonds is 3. The highest BCUT2D eigenvalue weighted by Gasteiger charge is 1.97. The molecule has 5 heteroatoms. The number of carbonyl (C=O) groups is 1. The van der Waals surface area contributed by atoms with E-state index < -0.39 is 0 Å². The molecular formula is C14H12ClN3O. The Hall–Kier alpha value is -2.33. The van der Waals surface area contributed by atoms with Crippen LogP contribution in [0.5, 0.6) is 0 Å². The monoisotopic (exact) mass is 273 g/mol. The van der Waals surface area contributed by atoms with Crippen molar-refractivity contribution in [1.82, 2.24) is 10.3 Å². The second-order valence-electron chi connectivity index (χ2n) is 3.73. The van der Waals surface area contributed by atoms with Gasteiger partial charge in [-0.15, -0.1) is 0 Å². The number of pyridine rings is 1. The summed E-state index contributed by atoms with van der Waals surface area (Å²) in [7, 11) is 0. The second-order valence-corrected chi connectivity index (χ2v) is 4.16. The van der Waals surface area contributed by atoms with Gasteiger partial charge in [0.05, 0.1) is 11.9 Å². The van der Waals surface area contributed by atoms with E-state index >= 15 is 0 Å². The molecule has 1 heterocycles. The van der Waals surface area contributed by atoms with Crippen LogP contribution in [0.15, 0.2) is 55.0 Å². The first kappa shape index (κ1) is 13.1. The van der Waals surface area contributed by atoms with Crippen LogP contribution < -0.4 is 10.6 Å². The van der Waals surface area contributed by atoms with Gasteiger partial charge in [-0.25, -0.2) is 4.79 Å². The molecule has 1 aromatic carbocycles. The van der Waals surface area contributed by atoms with Crippen LogP contribution in [0, 0.1) is 0 Å². The minimum absolute atomic E-state index is 0.328. The van der Waals surface area contributed by atoms with Crippen LogP contribution in [0.2, 0.25) is 5.02 Å². The van der Waals surface area contributed by atoms with Crippen LogP contribution in [-0.2, 0) is 0 Å². The van der Waals surface area contributed by atoms with Gasteiger partial charge in [0.25, 0.3) is 0 Å². The smallest absolute Gasteiger partial charge is 0.314 e. The standard InChI is InChI=1S/C14H12ClN3O/c15-12-4-1-3-11(9-12)6-8-17-14(19)18-13-5-2-7-16-10-13/h1-10H,(H2,17,18,19)/b8-6+. The van der Waals surface area contributed by atoms with Gasteiger partial charge in [-0.3, -0.25) is 4.98 Å². The normalized spacial score (nSPS) is 10.4. The van der Waals surface area contributed by atoms with Gasteiger partial charge in [-0.1, -0.05) is 23.7 Å². The molecule has 4 nitrogen and oxygen atoms in total. The lowest BCUT2D eigenvalue weighted by atomic mass is 10.2. The van der Waals surface area contributed by atoms with Crippen molar-refractivity contribution < 1.29 is 4.79 Å². The first-order valence-corrected chi connectivity index (χ1v) is 6.01. The van der Waals surface area contributed by atoms with Crippen molar-refractivity contribution >= 4 is 29.4 Å². The van der Waals surface area contributed by atoms with Gasteiger partial charge in [0, 0.05) is 17.4 Å². The zero-order chi connectivity index (χ0) is 13.5. The highest BCUT2D eigenvalue weighted by Crippen LogP contribution is 2.11. The molecule has 2 N–H and O–H groups in total. The van der Waals surface area contributed by atoms with Gasteiger partial charge in [0.15, 0.2) is 0 Å². The van der Waals surface area contributed by atoms with Gasteiger partial charge in [0.1, 0.15) is 0 Å². The zero-order valence-corrected chi connectivity index (χ0v) is 10.8.